The Morgan fingerprint density at radius 2 is 1.81 bits per heavy atom. The number of Topliss-reactive ketones (excluding diaryl/α,β-unsaturated/α-hetero) is 1. The maximum absolute atomic E-state index is 13.4. The van der Waals surface area contributed by atoms with Gasteiger partial charge in [-0.15, -0.1) is 0 Å². The fourth-order valence-corrected chi connectivity index (χ4v) is 4.78. The van der Waals surface area contributed by atoms with E-state index in [2.05, 4.69) is 15.9 Å². The maximum atomic E-state index is 13.4. The van der Waals surface area contributed by atoms with Crippen LogP contribution >= 0.6 is 15.9 Å². The zero-order chi connectivity index (χ0) is 19.6. The number of ketones is 1. The lowest BCUT2D eigenvalue weighted by Gasteiger charge is -2.21. The molecular formula is C21H17BrO5. The van der Waals surface area contributed by atoms with Crippen LogP contribution in [0.3, 0.4) is 0 Å². The largest absolute Gasteiger partial charge is 0.468 e. The average Bonchev–Trinajstić information content (AvgIpc) is 3.25. The second kappa shape index (κ2) is 5.76. The summed E-state index contributed by atoms with van der Waals surface area (Å²) in [6, 6.07) is 12.3. The summed E-state index contributed by atoms with van der Waals surface area (Å²) in [7, 11) is 1.22. The minimum absolute atomic E-state index is 0.275. The van der Waals surface area contributed by atoms with Gasteiger partial charge in [0.2, 0.25) is 0 Å². The fraction of sp³-hybridized carbons (Fsp3) is 0.286. The number of esters is 2. The first-order valence-corrected chi connectivity index (χ1v) is 9.29. The van der Waals surface area contributed by atoms with Crippen molar-refractivity contribution in [3.8, 4) is 5.75 Å². The highest BCUT2D eigenvalue weighted by Crippen LogP contribution is 2.78. The first kappa shape index (κ1) is 17.9. The third-order valence-electron chi connectivity index (χ3n) is 5.85. The van der Waals surface area contributed by atoms with E-state index in [4.69, 9.17) is 9.47 Å². The third-order valence-corrected chi connectivity index (χ3v) is 6.34. The van der Waals surface area contributed by atoms with Crippen LogP contribution in [0, 0.1) is 17.8 Å². The summed E-state index contributed by atoms with van der Waals surface area (Å²) < 4.78 is 11.2. The van der Waals surface area contributed by atoms with E-state index in [0.29, 0.717) is 16.9 Å². The molecule has 0 N–H and O–H groups in total. The molecular weight excluding hydrogens is 412 g/mol. The Hall–Kier alpha value is -2.47. The van der Waals surface area contributed by atoms with Crippen molar-refractivity contribution in [1.29, 1.82) is 0 Å². The molecule has 0 spiro atoms. The van der Waals surface area contributed by atoms with E-state index in [0.717, 1.165) is 10.0 Å². The van der Waals surface area contributed by atoms with E-state index < -0.39 is 28.7 Å². The smallest absolute Gasteiger partial charge is 0.330 e. The van der Waals surface area contributed by atoms with Crippen molar-refractivity contribution < 1.29 is 23.9 Å². The second-order valence-corrected chi connectivity index (χ2v) is 8.12. The number of carbonyl (C=O) groups is 3. The van der Waals surface area contributed by atoms with Crippen molar-refractivity contribution >= 4 is 33.7 Å². The SMILES string of the molecule is COC(=O)[C@]12C(=O)Oc3ccc(Br)cc3[C@@H]1[C@]2(C)C(=O)c1ccc(C)cc1. The molecule has 1 aliphatic carbocycles. The topological polar surface area (TPSA) is 69.7 Å². The first-order valence-electron chi connectivity index (χ1n) is 8.50. The Balaban J connectivity index is 1.91. The van der Waals surface area contributed by atoms with E-state index >= 15 is 0 Å². The molecule has 0 amide bonds. The number of methoxy groups -OCH3 is 1. The van der Waals surface area contributed by atoms with Gasteiger partial charge in [0.25, 0.3) is 0 Å². The lowest BCUT2D eigenvalue weighted by Crippen LogP contribution is -2.39. The van der Waals surface area contributed by atoms with Crippen LogP contribution in [0.5, 0.6) is 5.75 Å². The minimum atomic E-state index is -1.67. The average molecular weight is 429 g/mol. The molecule has 1 fully saturated rings. The van der Waals surface area contributed by atoms with Crippen LogP contribution in [-0.2, 0) is 14.3 Å². The number of halogens is 1. The van der Waals surface area contributed by atoms with Gasteiger partial charge in [-0.2, -0.15) is 0 Å². The summed E-state index contributed by atoms with van der Waals surface area (Å²) in [5.41, 5.74) is -0.834. The quantitative estimate of drug-likeness (QED) is 0.321. The third kappa shape index (κ3) is 2.13. The number of hydrogen-bond acceptors (Lipinski definition) is 5. The second-order valence-electron chi connectivity index (χ2n) is 7.20. The van der Waals surface area contributed by atoms with Crippen LogP contribution in [0.4, 0.5) is 0 Å². The monoisotopic (exact) mass is 428 g/mol. The van der Waals surface area contributed by atoms with Crippen LogP contribution in [0.1, 0.15) is 34.3 Å². The van der Waals surface area contributed by atoms with Crippen LogP contribution in [0.25, 0.3) is 0 Å². The van der Waals surface area contributed by atoms with Crippen molar-refractivity contribution in [3.05, 3.63) is 63.6 Å². The van der Waals surface area contributed by atoms with Gasteiger partial charge in [-0.25, -0.2) is 0 Å². The standard InChI is InChI=1S/C21H17BrO5/c1-11-4-6-12(7-5-11)17(23)20(2)16-14-10-13(22)8-9-15(14)27-19(25)21(16,20)18(24)26-3/h4-10,16H,1-3H3/t16-,20-,21+/m1/s1. The zero-order valence-electron chi connectivity index (χ0n) is 15.0. The summed E-state index contributed by atoms with van der Waals surface area (Å²) in [5.74, 6) is -2.03. The molecule has 2 aromatic carbocycles. The molecule has 0 saturated heterocycles. The number of carbonyl (C=O) groups excluding carboxylic acids is 3. The molecule has 2 aliphatic rings. The van der Waals surface area contributed by atoms with Gasteiger partial charge in [0.15, 0.2) is 11.2 Å². The van der Waals surface area contributed by atoms with Crippen molar-refractivity contribution in [3.63, 3.8) is 0 Å². The number of fused-ring (bicyclic) bond motifs is 3. The molecule has 0 radical (unpaired) electrons. The van der Waals surface area contributed by atoms with E-state index in [9.17, 15) is 14.4 Å². The molecule has 0 aromatic heterocycles. The van der Waals surface area contributed by atoms with Gasteiger partial charge >= 0.3 is 11.9 Å². The summed E-state index contributed by atoms with van der Waals surface area (Å²) >= 11 is 3.41. The summed E-state index contributed by atoms with van der Waals surface area (Å²) in [5, 5.41) is 0. The van der Waals surface area contributed by atoms with Crippen LogP contribution in [-0.4, -0.2) is 24.8 Å². The molecule has 6 heteroatoms. The van der Waals surface area contributed by atoms with Gasteiger partial charge in [0, 0.05) is 21.5 Å². The van der Waals surface area contributed by atoms with Gasteiger partial charge in [0.1, 0.15) is 5.75 Å². The maximum Gasteiger partial charge on any atom is 0.330 e. The van der Waals surface area contributed by atoms with Gasteiger partial charge in [-0.3, -0.25) is 14.4 Å². The molecule has 1 saturated carbocycles. The van der Waals surface area contributed by atoms with Gasteiger partial charge in [-0.1, -0.05) is 45.8 Å². The summed E-state index contributed by atoms with van der Waals surface area (Å²) in [6.07, 6.45) is 0. The normalized spacial score (nSPS) is 27.9. The molecule has 1 heterocycles. The van der Waals surface area contributed by atoms with Crippen molar-refractivity contribution in [2.24, 2.45) is 10.8 Å². The molecule has 2 aromatic rings. The predicted molar refractivity (Wildman–Crippen MR) is 101 cm³/mol. The van der Waals surface area contributed by atoms with Crippen molar-refractivity contribution in [2.75, 3.05) is 7.11 Å². The summed E-state index contributed by atoms with van der Waals surface area (Å²) in [6.45, 7) is 3.57. The molecule has 1 aliphatic heterocycles. The highest BCUT2D eigenvalue weighted by atomic mass is 79.9. The lowest BCUT2D eigenvalue weighted by molar-refractivity contribution is -0.160. The zero-order valence-corrected chi connectivity index (χ0v) is 16.6. The van der Waals surface area contributed by atoms with Crippen molar-refractivity contribution in [1.82, 2.24) is 0 Å². The summed E-state index contributed by atoms with van der Waals surface area (Å²) in [4.78, 5) is 39.1. The Morgan fingerprint density at radius 3 is 2.44 bits per heavy atom. The number of hydrogen-bond donors (Lipinski definition) is 0. The van der Waals surface area contributed by atoms with Gasteiger partial charge < -0.3 is 9.47 Å². The highest BCUT2D eigenvalue weighted by molar-refractivity contribution is 9.10. The molecule has 27 heavy (non-hydrogen) atoms. The molecule has 138 valence electrons. The Labute approximate surface area is 164 Å². The Morgan fingerprint density at radius 1 is 1.15 bits per heavy atom. The number of ether oxygens (including phenoxy) is 2. The fourth-order valence-electron chi connectivity index (χ4n) is 4.40. The molecule has 3 atom stereocenters. The Bertz CT molecular complexity index is 996. The van der Waals surface area contributed by atoms with E-state index in [1.807, 2.05) is 19.1 Å². The molecule has 4 rings (SSSR count). The highest BCUT2D eigenvalue weighted by Gasteiger charge is 2.89. The van der Waals surface area contributed by atoms with E-state index in [1.165, 1.54) is 7.11 Å². The predicted octanol–water partition coefficient (Wildman–Crippen LogP) is 3.82. The molecule has 5 nitrogen and oxygen atoms in total. The van der Waals surface area contributed by atoms with Crippen LogP contribution < -0.4 is 4.74 Å². The van der Waals surface area contributed by atoms with Gasteiger partial charge in [-0.05, 0) is 32.0 Å². The Kier molecular flexibility index (Phi) is 3.82. The number of rotatable bonds is 3. The molecule has 0 unspecified atom stereocenters. The van der Waals surface area contributed by atoms with Crippen LogP contribution in [0.15, 0.2) is 46.9 Å². The number of aryl methyl sites for hydroxylation is 1. The molecule has 0 bridgehead atoms. The van der Waals surface area contributed by atoms with Gasteiger partial charge in [0.05, 0.1) is 12.5 Å². The first-order chi connectivity index (χ1) is 12.8. The minimum Gasteiger partial charge on any atom is -0.468 e. The van der Waals surface area contributed by atoms with E-state index in [1.54, 1.807) is 37.3 Å². The van der Waals surface area contributed by atoms with Crippen LogP contribution in [0.2, 0.25) is 0 Å². The number of benzene rings is 2. The van der Waals surface area contributed by atoms with E-state index in [-0.39, 0.29) is 5.78 Å². The lowest BCUT2D eigenvalue weighted by atomic mass is 9.86. The van der Waals surface area contributed by atoms with Crippen molar-refractivity contribution in [2.45, 2.75) is 19.8 Å².